The summed E-state index contributed by atoms with van der Waals surface area (Å²) in [7, 11) is 0. The zero-order chi connectivity index (χ0) is 11.5. The van der Waals surface area contributed by atoms with Crippen molar-refractivity contribution < 1.29 is 0 Å². The minimum Gasteiger partial charge on any atom is -0.327 e. The van der Waals surface area contributed by atoms with Crippen LogP contribution in [-0.4, -0.2) is 20.8 Å². The monoisotopic (exact) mass is 222 g/mol. The van der Waals surface area contributed by atoms with Crippen molar-refractivity contribution in [1.82, 2.24) is 14.8 Å². The van der Waals surface area contributed by atoms with Gasteiger partial charge in [0, 0.05) is 18.5 Å². The van der Waals surface area contributed by atoms with Gasteiger partial charge >= 0.3 is 0 Å². The molecule has 1 saturated carbocycles. The fourth-order valence-corrected chi connectivity index (χ4v) is 2.35. The van der Waals surface area contributed by atoms with Crippen LogP contribution in [0.5, 0.6) is 0 Å². The first-order chi connectivity index (χ1) is 7.68. The van der Waals surface area contributed by atoms with Gasteiger partial charge in [0.2, 0.25) is 0 Å². The predicted octanol–water partition coefficient (Wildman–Crippen LogP) is 1.92. The maximum Gasteiger partial charge on any atom is 0.134 e. The predicted molar refractivity (Wildman–Crippen MR) is 64.0 cm³/mol. The molecule has 1 atom stereocenters. The van der Waals surface area contributed by atoms with Crippen LogP contribution in [-0.2, 0) is 6.42 Å². The Bertz CT molecular complexity index is 326. The molecule has 0 aliphatic heterocycles. The molecule has 0 aromatic carbocycles. The van der Waals surface area contributed by atoms with E-state index in [1.165, 1.54) is 25.7 Å². The topological polar surface area (TPSA) is 56.7 Å². The lowest BCUT2D eigenvalue weighted by atomic mass is 10.0. The highest BCUT2D eigenvalue weighted by Crippen LogP contribution is 2.30. The van der Waals surface area contributed by atoms with Gasteiger partial charge in [-0.3, -0.25) is 0 Å². The molecular formula is C12H22N4. The number of nitrogens with zero attached hydrogens (tertiary/aromatic N) is 3. The SMILES string of the molecule is CC(C)C(N)Cc1nncn1C1CCCC1. The van der Waals surface area contributed by atoms with Gasteiger partial charge < -0.3 is 10.3 Å². The summed E-state index contributed by atoms with van der Waals surface area (Å²) < 4.78 is 2.25. The molecule has 1 aliphatic rings. The van der Waals surface area contributed by atoms with Crippen LogP contribution in [0.2, 0.25) is 0 Å². The van der Waals surface area contributed by atoms with Crippen LogP contribution in [0.4, 0.5) is 0 Å². The second-order valence-corrected chi connectivity index (χ2v) is 5.20. The van der Waals surface area contributed by atoms with Gasteiger partial charge in [-0.1, -0.05) is 26.7 Å². The van der Waals surface area contributed by atoms with Crippen LogP contribution in [0, 0.1) is 5.92 Å². The third-order valence-electron chi connectivity index (χ3n) is 3.64. The van der Waals surface area contributed by atoms with E-state index in [1.807, 2.05) is 6.33 Å². The maximum atomic E-state index is 6.09. The quantitative estimate of drug-likeness (QED) is 0.846. The molecule has 1 fully saturated rings. The highest BCUT2D eigenvalue weighted by atomic mass is 15.3. The summed E-state index contributed by atoms with van der Waals surface area (Å²) in [4.78, 5) is 0. The molecule has 1 unspecified atom stereocenters. The first-order valence-corrected chi connectivity index (χ1v) is 6.32. The van der Waals surface area contributed by atoms with Gasteiger partial charge in [-0.25, -0.2) is 0 Å². The second-order valence-electron chi connectivity index (χ2n) is 5.20. The zero-order valence-electron chi connectivity index (χ0n) is 10.3. The van der Waals surface area contributed by atoms with Crippen LogP contribution in [0.25, 0.3) is 0 Å². The molecule has 0 spiro atoms. The Morgan fingerprint density at radius 1 is 1.44 bits per heavy atom. The first-order valence-electron chi connectivity index (χ1n) is 6.32. The maximum absolute atomic E-state index is 6.09. The molecule has 2 rings (SSSR count). The van der Waals surface area contributed by atoms with Crippen LogP contribution < -0.4 is 5.73 Å². The van der Waals surface area contributed by atoms with Crippen molar-refractivity contribution in [1.29, 1.82) is 0 Å². The van der Waals surface area contributed by atoms with Crippen LogP contribution >= 0.6 is 0 Å². The molecule has 90 valence electrons. The lowest BCUT2D eigenvalue weighted by Crippen LogP contribution is -2.30. The van der Waals surface area contributed by atoms with Gasteiger partial charge in [-0.05, 0) is 18.8 Å². The molecule has 0 bridgehead atoms. The number of aromatic nitrogens is 3. The summed E-state index contributed by atoms with van der Waals surface area (Å²) in [5, 5.41) is 8.25. The van der Waals surface area contributed by atoms with Crippen molar-refractivity contribution in [3.8, 4) is 0 Å². The molecule has 0 radical (unpaired) electrons. The van der Waals surface area contributed by atoms with Crippen LogP contribution in [0.1, 0.15) is 51.4 Å². The van der Waals surface area contributed by atoms with Gasteiger partial charge in [0.1, 0.15) is 12.2 Å². The highest BCUT2D eigenvalue weighted by molar-refractivity contribution is 4.94. The molecule has 1 aromatic heterocycles. The minimum absolute atomic E-state index is 0.185. The van der Waals surface area contributed by atoms with E-state index >= 15 is 0 Å². The van der Waals surface area contributed by atoms with E-state index in [1.54, 1.807) is 0 Å². The van der Waals surface area contributed by atoms with E-state index < -0.39 is 0 Å². The van der Waals surface area contributed by atoms with Gasteiger partial charge in [0.25, 0.3) is 0 Å². The smallest absolute Gasteiger partial charge is 0.134 e. The average molecular weight is 222 g/mol. The summed E-state index contributed by atoms with van der Waals surface area (Å²) in [6, 6.07) is 0.800. The Kier molecular flexibility index (Phi) is 3.59. The van der Waals surface area contributed by atoms with Crippen molar-refractivity contribution in [2.24, 2.45) is 11.7 Å². The van der Waals surface area contributed by atoms with E-state index in [9.17, 15) is 0 Å². The summed E-state index contributed by atoms with van der Waals surface area (Å²) in [5.41, 5.74) is 6.09. The van der Waals surface area contributed by atoms with Crippen molar-refractivity contribution >= 4 is 0 Å². The molecule has 4 heteroatoms. The van der Waals surface area contributed by atoms with E-state index in [-0.39, 0.29) is 6.04 Å². The van der Waals surface area contributed by atoms with Crippen molar-refractivity contribution in [3.63, 3.8) is 0 Å². The number of hydrogen-bond acceptors (Lipinski definition) is 3. The fraction of sp³-hybridized carbons (Fsp3) is 0.833. The standard InChI is InChI=1S/C12H22N4/c1-9(2)11(13)7-12-15-14-8-16(12)10-5-3-4-6-10/h8-11H,3-7,13H2,1-2H3. The largest absolute Gasteiger partial charge is 0.327 e. The third kappa shape index (κ3) is 2.43. The summed E-state index contributed by atoms with van der Waals surface area (Å²) >= 11 is 0. The summed E-state index contributed by atoms with van der Waals surface area (Å²) in [6.45, 7) is 4.31. The molecule has 0 amide bonds. The number of hydrogen-bond donors (Lipinski definition) is 1. The van der Waals surface area contributed by atoms with Gasteiger partial charge in [0.15, 0.2) is 0 Å². The Hall–Kier alpha value is -0.900. The molecule has 1 heterocycles. The van der Waals surface area contributed by atoms with E-state index in [0.717, 1.165) is 12.2 Å². The Morgan fingerprint density at radius 2 is 2.12 bits per heavy atom. The van der Waals surface area contributed by atoms with E-state index in [0.29, 0.717) is 12.0 Å². The lowest BCUT2D eigenvalue weighted by molar-refractivity contribution is 0.445. The molecule has 0 saturated heterocycles. The molecule has 4 nitrogen and oxygen atoms in total. The molecular weight excluding hydrogens is 200 g/mol. The van der Waals surface area contributed by atoms with E-state index in [2.05, 4.69) is 28.6 Å². The van der Waals surface area contributed by atoms with Crippen molar-refractivity contribution in [2.45, 2.75) is 58.0 Å². The molecule has 16 heavy (non-hydrogen) atoms. The Balaban J connectivity index is 2.06. The number of nitrogens with two attached hydrogens (primary N) is 1. The normalized spacial score (nSPS) is 19.5. The van der Waals surface area contributed by atoms with Gasteiger partial charge in [-0.2, -0.15) is 0 Å². The number of rotatable bonds is 4. The summed E-state index contributed by atoms with van der Waals surface area (Å²) in [5.74, 6) is 1.56. The van der Waals surface area contributed by atoms with Gasteiger partial charge in [-0.15, -0.1) is 10.2 Å². The lowest BCUT2D eigenvalue weighted by Gasteiger charge is -2.18. The van der Waals surface area contributed by atoms with Crippen LogP contribution in [0.15, 0.2) is 6.33 Å². The minimum atomic E-state index is 0.185. The Labute approximate surface area is 97.2 Å². The highest BCUT2D eigenvalue weighted by Gasteiger charge is 2.21. The molecule has 1 aromatic rings. The second kappa shape index (κ2) is 4.95. The molecule has 2 N–H and O–H groups in total. The fourth-order valence-electron chi connectivity index (χ4n) is 2.35. The van der Waals surface area contributed by atoms with Crippen LogP contribution in [0.3, 0.4) is 0 Å². The first kappa shape index (κ1) is 11.6. The zero-order valence-corrected chi connectivity index (χ0v) is 10.3. The average Bonchev–Trinajstić information content (AvgIpc) is 2.85. The van der Waals surface area contributed by atoms with E-state index in [4.69, 9.17) is 5.73 Å². The molecule has 1 aliphatic carbocycles. The third-order valence-corrected chi connectivity index (χ3v) is 3.64. The Morgan fingerprint density at radius 3 is 2.75 bits per heavy atom. The summed E-state index contributed by atoms with van der Waals surface area (Å²) in [6.07, 6.45) is 7.91. The van der Waals surface area contributed by atoms with Crippen molar-refractivity contribution in [2.75, 3.05) is 0 Å². The van der Waals surface area contributed by atoms with Gasteiger partial charge in [0.05, 0.1) is 0 Å². The van der Waals surface area contributed by atoms with Crippen molar-refractivity contribution in [3.05, 3.63) is 12.2 Å².